The molecule has 0 saturated heterocycles. The predicted octanol–water partition coefficient (Wildman–Crippen LogP) is 2.54. The third kappa shape index (κ3) is 3.27. The molecule has 3 nitrogen and oxygen atoms in total. The number of hydrogen-bond donors (Lipinski definition) is 1. The zero-order valence-corrected chi connectivity index (χ0v) is 10.4. The van der Waals surface area contributed by atoms with Crippen molar-refractivity contribution in [2.75, 3.05) is 14.1 Å². The van der Waals surface area contributed by atoms with Crippen molar-refractivity contribution in [3.8, 4) is 0 Å². The van der Waals surface area contributed by atoms with Crippen LogP contribution in [0.25, 0.3) is 0 Å². The van der Waals surface area contributed by atoms with Crippen molar-refractivity contribution in [2.24, 2.45) is 5.92 Å². The van der Waals surface area contributed by atoms with Crippen LogP contribution in [0.2, 0.25) is 0 Å². The first-order chi connectivity index (χ1) is 7.97. The summed E-state index contributed by atoms with van der Waals surface area (Å²) >= 11 is 0. The number of halogens is 1. The molecule has 0 heterocycles. The number of rotatable bonds is 5. The highest BCUT2D eigenvalue weighted by molar-refractivity contribution is 5.71. The maximum atomic E-state index is 13.2. The van der Waals surface area contributed by atoms with Crippen LogP contribution < -0.4 is 0 Å². The number of carboxylic acid groups (broad SMARTS) is 1. The van der Waals surface area contributed by atoms with Crippen molar-refractivity contribution < 1.29 is 14.3 Å². The van der Waals surface area contributed by atoms with Gasteiger partial charge in [-0.15, -0.1) is 0 Å². The Bertz CT molecular complexity index is 393. The lowest BCUT2D eigenvalue weighted by Crippen LogP contribution is -2.32. The maximum absolute atomic E-state index is 13.2. The molecule has 0 aliphatic carbocycles. The highest BCUT2D eigenvalue weighted by atomic mass is 19.1. The molecular formula is C13H18FNO2. The van der Waals surface area contributed by atoms with Gasteiger partial charge in [0.25, 0.3) is 0 Å². The van der Waals surface area contributed by atoms with Gasteiger partial charge in [-0.3, -0.25) is 4.79 Å². The van der Waals surface area contributed by atoms with Crippen LogP contribution in [0.15, 0.2) is 24.3 Å². The van der Waals surface area contributed by atoms with Crippen LogP contribution in [0, 0.1) is 11.7 Å². The topological polar surface area (TPSA) is 40.5 Å². The SMILES string of the molecule is CCC(C(=O)O)C(c1cccc(F)c1)N(C)C. The highest BCUT2D eigenvalue weighted by Gasteiger charge is 2.29. The zero-order chi connectivity index (χ0) is 13.0. The molecule has 0 aliphatic heterocycles. The molecule has 1 aromatic carbocycles. The number of benzene rings is 1. The molecule has 0 bridgehead atoms. The molecule has 0 aromatic heterocycles. The second kappa shape index (κ2) is 5.77. The second-order valence-corrected chi connectivity index (χ2v) is 4.32. The first-order valence-corrected chi connectivity index (χ1v) is 5.62. The summed E-state index contributed by atoms with van der Waals surface area (Å²) in [5.74, 6) is -1.73. The van der Waals surface area contributed by atoms with Gasteiger partial charge in [0.15, 0.2) is 0 Å². The summed E-state index contributed by atoms with van der Waals surface area (Å²) in [6, 6.07) is 5.82. The number of carboxylic acids is 1. The van der Waals surface area contributed by atoms with Gasteiger partial charge in [0.1, 0.15) is 5.82 Å². The lowest BCUT2D eigenvalue weighted by molar-refractivity contribution is -0.144. The second-order valence-electron chi connectivity index (χ2n) is 4.32. The van der Waals surface area contributed by atoms with Gasteiger partial charge in [-0.25, -0.2) is 4.39 Å². The van der Waals surface area contributed by atoms with Gasteiger partial charge in [-0.05, 0) is 38.2 Å². The lowest BCUT2D eigenvalue weighted by atomic mass is 9.90. The molecule has 2 unspecified atom stereocenters. The highest BCUT2D eigenvalue weighted by Crippen LogP contribution is 2.29. The fraction of sp³-hybridized carbons (Fsp3) is 0.462. The van der Waals surface area contributed by atoms with Crippen molar-refractivity contribution in [1.82, 2.24) is 4.90 Å². The van der Waals surface area contributed by atoms with Gasteiger partial charge in [-0.1, -0.05) is 19.1 Å². The minimum absolute atomic E-state index is 0.312. The lowest BCUT2D eigenvalue weighted by Gasteiger charge is -2.29. The van der Waals surface area contributed by atoms with Crippen LogP contribution in [0.1, 0.15) is 24.9 Å². The molecule has 94 valence electrons. The number of carbonyl (C=O) groups is 1. The zero-order valence-electron chi connectivity index (χ0n) is 10.4. The largest absolute Gasteiger partial charge is 0.481 e. The minimum Gasteiger partial charge on any atom is -0.481 e. The van der Waals surface area contributed by atoms with Crippen LogP contribution in [-0.4, -0.2) is 30.1 Å². The number of hydrogen-bond acceptors (Lipinski definition) is 2. The van der Waals surface area contributed by atoms with Crippen molar-refractivity contribution in [3.63, 3.8) is 0 Å². The van der Waals surface area contributed by atoms with E-state index in [0.717, 1.165) is 0 Å². The Labute approximate surface area is 101 Å². The van der Waals surface area contributed by atoms with Crippen LogP contribution in [-0.2, 0) is 4.79 Å². The quantitative estimate of drug-likeness (QED) is 0.858. The smallest absolute Gasteiger partial charge is 0.308 e. The van der Waals surface area contributed by atoms with E-state index in [1.807, 2.05) is 11.8 Å². The average molecular weight is 239 g/mol. The molecule has 1 aromatic rings. The van der Waals surface area contributed by atoms with Crippen LogP contribution >= 0.6 is 0 Å². The Morgan fingerprint density at radius 3 is 2.53 bits per heavy atom. The molecule has 0 amide bonds. The third-order valence-electron chi connectivity index (χ3n) is 2.88. The Morgan fingerprint density at radius 2 is 2.12 bits per heavy atom. The van der Waals surface area contributed by atoms with Crippen molar-refractivity contribution in [1.29, 1.82) is 0 Å². The van der Waals surface area contributed by atoms with Crippen LogP contribution in [0.4, 0.5) is 4.39 Å². The van der Waals surface area contributed by atoms with Gasteiger partial charge in [0, 0.05) is 6.04 Å². The van der Waals surface area contributed by atoms with E-state index in [4.69, 9.17) is 0 Å². The van der Waals surface area contributed by atoms with E-state index in [9.17, 15) is 14.3 Å². The molecule has 1 N–H and O–H groups in total. The van der Waals surface area contributed by atoms with Gasteiger partial charge < -0.3 is 10.0 Å². The fourth-order valence-corrected chi connectivity index (χ4v) is 2.11. The molecule has 0 aliphatic rings. The monoisotopic (exact) mass is 239 g/mol. The summed E-state index contributed by atoms with van der Waals surface area (Å²) in [6.07, 6.45) is 0.509. The van der Waals surface area contributed by atoms with Crippen molar-refractivity contribution in [3.05, 3.63) is 35.6 Å². The summed E-state index contributed by atoms with van der Waals surface area (Å²) in [4.78, 5) is 13.0. The van der Waals surface area contributed by atoms with E-state index in [-0.39, 0.29) is 11.9 Å². The maximum Gasteiger partial charge on any atom is 0.308 e. The Balaban J connectivity index is 3.12. The van der Waals surface area contributed by atoms with Gasteiger partial charge in [0.05, 0.1) is 5.92 Å². The van der Waals surface area contributed by atoms with E-state index < -0.39 is 11.9 Å². The number of aliphatic carboxylic acids is 1. The average Bonchev–Trinajstić information content (AvgIpc) is 2.24. The summed E-state index contributed by atoms with van der Waals surface area (Å²) in [5.41, 5.74) is 0.698. The fourth-order valence-electron chi connectivity index (χ4n) is 2.11. The molecule has 0 fully saturated rings. The van der Waals surface area contributed by atoms with E-state index in [1.165, 1.54) is 12.1 Å². The van der Waals surface area contributed by atoms with E-state index in [0.29, 0.717) is 12.0 Å². The Morgan fingerprint density at radius 1 is 1.47 bits per heavy atom. The standard InChI is InChI=1S/C13H18FNO2/c1-4-11(13(16)17)12(15(2)3)9-6-5-7-10(14)8-9/h5-8,11-12H,4H2,1-3H3,(H,16,17). The van der Waals surface area contributed by atoms with Gasteiger partial charge in [0.2, 0.25) is 0 Å². The van der Waals surface area contributed by atoms with E-state index in [2.05, 4.69) is 0 Å². The number of nitrogens with zero attached hydrogens (tertiary/aromatic N) is 1. The third-order valence-corrected chi connectivity index (χ3v) is 2.88. The Hall–Kier alpha value is -1.42. The molecular weight excluding hydrogens is 221 g/mol. The summed E-state index contributed by atoms with van der Waals surface area (Å²) in [7, 11) is 3.61. The molecule has 0 radical (unpaired) electrons. The molecule has 17 heavy (non-hydrogen) atoms. The molecule has 0 saturated carbocycles. The molecule has 1 rings (SSSR count). The molecule has 2 atom stereocenters. The van der Waals surface area contributed by atoms with Crippen LogP contribution in [0.5, 0.6) is 0 Å². The minimum atomic E-state index is -0.851. The summed E-state index contributed by atoms with van der Waals surface area (Å²) in [6.45, 7) is 1.83. The first-order valence-electron chi connectivity index (χ1n) is 5.62. The van der Waals surface area contributed by atoms with Crippen LogP contribution in [0.3, 0.4) is 0 Å². The van der Waals surface area contributed by atoms with E-state index >= 15 is 0 Å². The molecule has 0 spiro atoms. The van der Waals surface area contributed by atoms with Crippen molar-refractivity contribution in [2.45, 2.75) is 19.4 Å². The summed E-state index contributed by atoms with van der Waals surface area (Å²) < 4.78 is 13.2. The Kier molecular flexibility index (Phi) is 4.63. The van der Waals surface area contributed by atoms with Gasteiger partial charge >= 0.3 is 5.97 Å². The van der Waals surface area contributed by atoms with Gasteiger partial charge in [-0.2, -0.15) is 0 Å². The normalized spacial score (nSPS) is 14.6. The predicted molar refractivity (Wildman–Crippen MR) is 64.2 cm³/mol. The van der Waals surface area contributed by atoms with E-state index in [1.54, 1.807) is 26.2 Å². The summed E-state index contributed by atoms with van der Waals surface area (Å²) in [5, 5.41) is 9.20. The van der Waals surface area contributed by atoms with Crippen molar-refractivity contribution >= 4 is 5.97 Å². The first kappa shape index (κ1) is 13.6. The molecule has 4 heteroatoms.